The largest absolute Gasteiger partial charge is 0.355 e. The molecule has 1 aromatic heterocycles. The molecule has 2 N–H and O–H groups in total. The minimum absolute atomic E-state index is 0.0299. The van der Waals surface area contributed by atoms with Crippen LogP contribution < -0.4 is 10.6 Å². The zero-order chi connectivity index (χ0) is 11.3. The monoisotopic (exact) mass is 212 g/mol. The van der Waals surface area contributed by atoms with Crippen molar-refractivity contribution in [3.63, 3.8) is 0 Å². The van der Waals surface area contributed by atoms with E-state index < -0.39 is 0 Å². The highest BCUT2D eigenvalue weighted by Crippen LogP contribution is 1.94. The number of nitrogens with one attached hydrogen (secondary N) is 2. The fourth-order valence-electron chi connectivity index (χ4n) is 1.08. The molecule has 1 rings (SSSR count). The number of hydrogen-bond acceptors (Lipinski definition) is 5. The molecule has 1 atom stereocenters. The van der Waals surface area contributed by atoms with Gasteiger partial charge in [-0.15, -0.1) is 0 Å². The van der Waals surface area contributed by atoms with Gasteiger partial charge in [0.1, 0.15) is 0 Å². The first-order valence-electron chi connectivity index (χ1n) is 4.93. The molecule has 0 aliphatic carbocycles. The van der Waals surface area contributed by atoms with Gasteiger partial charge in [0.05, 0.1) is 12.6 Å². The van der Waals surface area contributed by atoms with Crippen LogP contribution in [0, 0.1) is 6.92 Å². The lowest BCUT2D eigenvalue weighted by atomic mass is 10.3. The quantitative estimate of drug-likeness (QED) is 0.717. The highest BCUT2D eigenvalue weighted by Gasteiger charge is 2.11. The van der Waals surface area contributed by atoms with Crippen molar-refractivity contribution in [2.75, 3.05) is 6.54 Å². The third kappa shape index (κ3) is 3.67. The van der Waals surface area contributed by atoms with E-state index in [4.69, 9.17) is 4.52 Å². The lowest BCUT2D eigenvalue weighted by Gasteiger charge is -2.11. The van der Waals surface area contributed by atoms with Crippen LogP contribution in [0.4, 0.5) is 0 Å². The average molecular weight is 212 g/mol. The van der Waals surface area contributed by atoms with Gasteiger partial charge in [-0.2, -0.15) is 4.98 Å². The zero-order valence-corrected chi connectivity index (χ0v) is 9.20. The Morgan fingerprint density at radius 3 is 2.87 bits per heavy atom. The number of rotatable bonds is 5. The molecule has 0 spiro atoms. The second kappa shape index (κ2) is 5.45. The first-order chi connectivity index (χ1) is 7.13. The maximum atomic E-state index is 11.3. The van der Waals surface area contributed by atoms with Gasteiger partial charge in [0, 0.05) is 13.5 Å². The highest BCUT2D eigenvalue weighted by molar-refractivity contribution is 5.81. The molecular formula is C9H16N4O2. The predicted octanol–water partition coefficient (Wildman–Crippen LogP) is -0.00778. The van der Waals surface area contributed by atoms with E-state index in [1.807, 2.05) is 6.92 Å². The van der Waals surface area contributed by atoms with E-state index in [1.165, 1.54) is 0 Å². The first-order valence-corrected chi connectivity index (χ1v) is 4.93. The van der Waals surface area contributed by atoms with E-state index in [9.17, 15) is 4.79 Å². The summed E-state index contributed by atoms with van der Waals surface area (Å²) in [4.78, 5) is 15.3. The van der Waals surface area contributed by atoms with Crippen LogP contribution in [0.5, 0.6) is 0 Å². The number of hydrogen-bond donors (Lipinski definition) is 2. The number of aromatic nitrogens is 2. The molecule has 0 aromatic carbocycles. The van der Waals surface area contributed by atoms with Crippen molar-refractivity contribution in [2.24, 2.45) is 0 Å². The van der Waals surface area contributed by atoms with Crippen molar-refractivity contribution in [2.45, 2.75) is 33.4 Å². The highest BCUT2D eigenvalue weighted by atomic mass is 16.5. The summed E-state index contributed by atoms with van der Waals surface area (Å²) in [6, 6.07) is -0.260. The van der Waals surface area contributed by atoms with Crippen molar-refractivity contribution in [3.05, 3.63) is 11.7 Å². The Morgan fingerprint density at radius 2 is 2.33 bits per heavy atom. The Balaban J connectivity index is 2.33. The van der Waals surface area contributed by atoms with Gasteiger partial charge < -0.3 is 9.84 Å². The molecule has 1 aromatic rings. The van der Waals surface area contributed by atoms with Gasteiger partial charge in [-0.1, -0.05) is 5.16 Å². The second-order valence-electron chi connectivity index (χ2n) is 3.23. The third-order valence-corrected chi connectivity index (χ3v) is 1.88. The summed E-state index contributed by atoms with van der Waals surface area (Å²) in [6.45, 7) is 6.45. The van der Waals surface area contributed by atoms with Gasteiger partial charge in [-0.3, -0.25) is 10.1 Å². The molecular weight excluding hydrogens is 196 g/mol. The molecule has 0 saturated carbocycles. The number of carbonyl (C=O) groups is 1. The van der Waals surface area contributed by atoms with E-state index in [-0.39, 0.29) is 11.9 Å². The van der Waals surface area contributed by atoms with Crippen molar-refractivity contribution < 1.29 is 9.32 Å². The third-order valence-electron chi connectivity index (χ3n) is 1.88. The molecule has 0 bridgehead atoms. The van der Waals surface area contributed by atoms with Gasteiger partial charge in [0.2, 0.25) is 11.8 Å². The van der Waals surface area contributed by atoms with Gasteiger partial charge in [0.25, 0.3) is 0 Å². The molecule has 0 fully saturated rings. The second-order valence-corrected chi connectivity index (χ2v) is 3.23. The van der Waals surface area contributed by atoms with Crippen molar-refractivity contribution in [3.8, 4) is 0 Å². The number of aryl methyl sites for hydroxylation is 1. The fourth-order valence-corrected chi connectivity index (χ4v) is 1.08. The smallest absolute Gasteiger partial charge is 0.236 e. The van der Waals surface area contributed by atoms with E-state index in [0.29, 0.717) is 24.8 Å². The Kier molecular flexibility index (Phi) is 4.23. The Hall–Kier alpha value is -1.43. The molecule has 0 aliphatic rings. The lowest BCUT2D eigenvalue weighted by molar-refractivity contribution is -0.122. The molecule has 0 radical (unpaired) electrons. The van der Waals surface area contributed by atoms with E-state index in [0.717, 1.165) is 0 Å². The standard InChI is InChI=1S/C9H16N4O2/c1-4-10-9(14)6(2)11-5-8-12-7(3)15-13-8/h6,11H,4-5H2,1-3H3,(H,10,14). The van der Waals surface area contributed by atoms with Crippen molar-refractivity contribution in [1.82, 2.24) is 20.8 Å². The van der Waals surface area contributed by atoms with E-state index >= 15 is 0 Å². The summed E-state index contributed by atoms with van der Waals surface area (Å²) in [6.07, 6.45) is 0. The van der Waals surface area contributed by atoms with E-state index in [2.05, 4.69) is 20.8 Å². The molecule has 6 nitrogen and oxygen atoms in total. The normalized spacial score (nSPS) is 12.5. The zero-order valence-electron chi connectivity index (χ0n) is 9.20. The van der Waals surface area contributed by atoms with Crippen LogP contribution in [0.3, 0.4) is 0 Å². The minimum atomic E-state index is -0.260. The van der Waals surface area contributed by atoms with Crippen molar-refractivity contribution in [1.29, 1.82) is 0 Å². The summed E-state index contributed by atoms with van der Waals surface area (Å²) < 4.78 is 4.80. The number of likely N-dealkylation sites (N-methyl/N-ethyl adjacent to an activating group) is 1. The Labute approximate surface area is 88.4 Å². The van der Waals surface area contributed by atoms with Crippen LogP contribution >= 0.6 is 0 Å². The van der Waals surface area contributed by atoms with Crippen LogP contribution in [0.25, 0.3) is 0 Å². The molecule has 0 aliphatic heterocycles. The van der Waals surface area contributed by atoms with Crippen LogP contribution in [0.1, 0.15) is 25.6 Å². The summed E-state index contributed by atoms with van der Waals surface area (Å²) in [5.74, 6) is 1.05. The maximum absolute atomic E-state index is 11.3. The lowest BCUT2D eigenvalue weighted by Crippen LogP contribution is -2.41. The average Bonchev–Trinajstić information content (AvgIpc) is 2.61. The number of amides is 1. The van der Waals surface area contributed by atoms with Gasteiger partial charge in [-0.25, -0.2) is 0 Å². The first kappa shape index (κ1) is 11.6. The predicted molar refractivity (Wildman–Crippen MR) is 54.0 cm³/mol. The van der Waals surface area contributed by atoms with E-state index in [1.54, 1.807) is 13.8 Å². The summed E-state index contributed by atoms with van der Waals surface area (Å²) in [5.41, 5.74) is 0. The SMILES string of the molecule is CCNC(=O)C(C)NCc1noc(C)n1. The topological polar surface area (TPSA) is 80.0 Å². The molecule has 84 valence electrons. The van der Waals surface area contributed by atoms with Gasteiger partial charge >= 0.3 is 0 Å². The summed E-state index contributed by atoms with van der Waals surface area (Å²) in [5, 5.41) is 9.43. The molecule has 1 amide bonds. The molecule has 15 heavy (non-hydrogen) atoms. The fraction of sp³-hybridized carbons (Fsp3) is 0.667. The molecule has 1 heterocycles. The molecule has 1 unspecified atom stereocenters. The molecule has 6 heteroatoms. The number of carbonyl (C=O) groups excluding carboxylic acids is 1. The minimum Gasteiger partial charge on any atom is -0.355 e. The maximum Gasteiger partial charge on any atom is 0.236 e. The van der Waals surface area contributed by atoms with Crippen LogP contribution in [0.2, 0.25) is 0 Å². The summed E-state index contributed by atoms with van der Waals surface area (Å²) >= 11 is 0. The molecule has 0 saturated heterocycles. The van der Waals surface area contributed by atoms with Crippen LogP contribution in [-0.2, 0) is 11.3 Å². The van der Waals surface area contributed by atoms with Crippen LogP contribution in [0.15, 0.2) is 4.52 Å². The number of nitrogens with zero attached hydrogens (tertiary/aromatic N) is 2. The van der Waals surface area contributed by atoms with Crippen LogP contribution in [-0.4, -0.2) is 28.6 Å². The Morgan fingerprint density at radius 1 is 1.60 bits per heavy atom. The van der Waals surface area contributed by atoms with Gasteiger partial charge in [0.15, 0.2) is 5.82 Å². The van der Waals surface area contributed by atoms with Gasteiger partial charge in [-0.05, 0) is 13.8 Å². The Bertz CT molecular complexity index is 324. The van der Waals surface area contributed by atoms with Crippen molar-refractivity contribution >= 4 is 5.91 Å². The summed E-state index contributed by atoms with van der Waals surface area (Å²) in [7, 11) is 0.